The number of aliphatic hydroxyl groups is 1. The smallest absolute Gasteiger partial charge is 0.491 e. The second-order valence-corrected chi connectivity index (χ2v) is 11.4. The van der Waals surface area contributed by atoms with E-state index in [1.54, 1.807) is 0 Å². The van der Waals surface area contributed by atoms with E-state index in [1.807, 2.05) is 12.1 Å². The summed E-state index contributed by atoms with van der Waals surface area (Å²) in [4.78, 5) is 0. The fraction of sp³-hybridized carbons (Fsp3) is 0.556. The first-order chi connectivity index (χ1) is 17.5. The molecule has 5 nitrogen and oxygen atoms in total. The highest BCUT2D eigenvalue weighted by atomic mass is 127. The molecule has 0 bridgehead atoms. The van der Waals surface area contributed by atoms with Crippen LogP contribution >= 0.6 is 22.6 Å². The third kappa shape index (κ3) is 15.0. The van der Waals surface area contributed by atoms with Crippen molar-refractivity contribution in [2.45, 2.75) is 89.2 Å². The van der Waals surface area contributed by atoms with Crippen molar-refractivity contribution in [1.29, 1.82) is 0 Å². The number of rotatable bonds is 15. The van der Waals surface area contributed by atoms with Crippen LogP contribution < -0.4 is 4.74 Å². The van der Waals surface area contributed by atoms with Crippen LogP contribution in [-0.2, 0) is 10.1 Å². The summed E-state index contributed by atoms with van der Waals surface area (Å²) in [7, 11) is -5.84. The molecule has 0 radical (unpaired) electrons. The summed E-state index contributed by atoms with van der Waals surface area (Å²) >= 11 is 2.36. The van der Waals surface area contributed by atoms with Gasteiger partial charge in [0.25, 0.3) is 0 Å². The summed E-state index contributed by atoms with van der Waals surface area (Å²) in [6.45, 7) is 2.64. The molecule has 0 aromatic heterocycles. The molecule has 2 N–H and O–H groups in total. The maximum atomic E-state index is 10.7. The van der Waals surface area contributed by atoms with E-state index in [0.717, 1.165) is 18.6 Å². The fourth-order valence-corrected chi connectivity index (χ4v) is 4.27. The summed E-state index contributed by atoms with van der Waals surface area (Å²) < 4.78 is 64.6. The quantitative estimate of drug-likeness (QED) is 0.0870. The van der Waals surface area contributed by atoms with Crippen LogP contribution in [0.5, 0.6) is 5.75 Å². The molecule has 0 heterocycles. The largest absolute Gasteiger partial charge is 0.522 e. The summed E-state index contributed by atoms with van der Waals surface area (Å²) in [5.41, 5.74) is -3.11. The van der Waals surface area contributed by atoms with Gasteiger partial charge in [-0.1, -0.05) is 101 Å². The zero-order valence-corrected chi connectivity index (χ0v) is 24.2. The molecule has 0 amide bonds. The summed E-state index contributed by atoms with van der Waals surface area (Å²) in [6, 6.07) is 16.5. The Hall–Kier alpha value is -1.37. The lowest BCUT2D eigenvalue weighted by Gasteiger charge is -2.13. The zero-order chi connectivity index (χ0) is 27.7. The first-order valence-corrected chi connectivity index (χ1v) is 15.2. The lowest BCUT2D eigenvalue weighted by atomic mass is 10.0. The van der Waals surface area contributed by atoms with E-state index in [-0.39, 0.29) is 6.10 Å². The summed E-state index contributed by atoms with van der Waals surface area (Å²) in [5.74, 6) is 0.821. The van der Waals surface area contributed by atoms with Crippen molar-refractivity contribution in [3.63, 3.8) is 0 Å². The predicted molar refractivity (Wildman–Crippen MR) is 150 cm³/mol. The van der Waals surface area contributed by atoms with Crippen LogP contribution in [0.1, 0.15) is 77.6 Å². The van der Waals surface area contributed by atoms with Crippen LogP contribution in [0.25, 0.3) is 11.1 Å². The van der Waals surface area contributed by atoms with Crippen molar-refractivity contribution in [1.82, 2.24) is 0 Å². The van der Waals surface area contributed by atoms with Crippen molar-refractivity contribution in [3.8, 4) is 16.9 Å². The second kappa shape index (κ2) is 18.0. The molecule has 37 heavy (non-hydrogen) atoms. The van der Waals surface area contributed by atoms with Gasteiger partial charge in [0.1, 0.15) is 12.4 Å². The van der Waals surface area contributed by atoms with Crippen molar-refractivity contribution in [2.24, 2.45) is 0 Å². The molecule has 2 aromatic carbocycles. The zero-order valence-electron chi connectivity index (χ0n) is 21.2. The first kappa shape index (κ1) is 33.7. The van der Waals surface area contributed by atoms with Crippen LogP contribution in [0.15, 0.2) is 48.5 Å². The molecule has 0 fully saturated rings. The monoisotopic (exact) mass is 658 g/mol. The first-order valence-electron chi connectivity index (χ1n) is 12.6. The van der Waals surface area contributed by atoms with Gasteiger partial charge in [-0.2, -0.15) is 21.6 Å². The molecule has 10 heteroatoms. The van der Waals surface area contributed by atoms with E-state index in [0.29, 0.717) is 6.61 Å². The molecule has 0 aliphatic rings. The second-order valence-electron chi connectivity index (χ2n) is 8.86. The van der Waals surface area contributed by atoms with E-state index in [9.17, 15) is 18.3 Å². The average Bonchev–Trinajstić information content (AvgIpc) is 2.84. The van der Waals surface area contributed by atoms with Crippen molar-refractivity contribution < 1.29 is 36.0 Å². The number of halogens is 4. The topological polar surface area (TPSA) is 83.8 Å². The molecule has 0 saturated heterocycles. The number of benzene rings is 2. The van der Waals surface area contributed by atoms with Gasteiger partial charge < -0.3 is 9.84 Å². The molecule has 210 valence electrons. The summed E-state index contributed by atoms with van der Waals surface area (Å²) in [6.07, 6.45) is 13.7. The van der Waals surface area contributed by atoms with Gasteiger partial charge in [0.05, 0.1) is 6.10 Å². The minimum atomic E-state index is -5.84. The maximum absolute atomic E-state index is 10.7. The number of unbranched alkanes of at least 4 members (excludes halogenated alkanes) is 9. The molecule has 0 aliphatic carbocycles. The Balaban J connectivity index is 0.000000738. The fourth-order valence-electron chi connectivity index (χ4n) is 3.57. The van der Waals surface area contributed by atoms with Crippen molar-refractivity contribution in [3.05, 3.63) is 52.1 Å². The number of aliphatic hydroxyl groups excluding tert-OH is 1. The molecule has 0 spiro atoms. The van der Waals surface area contributed by atoms with E-state index in [1.165, 1.54) is 72.5 Å². The van der Waals surface area contributed by atoms with Crippen molar-refractivity contribution >= 4 is 32.7 Å². The Bertz CT molecular complexity index is 982. The van der Waals surface area contributed by atoms with Gasteiger partial charge in [0, 0.05) is 3.57 Å². The third-order valence-corrected chi connectivity index (χ3v) is 7.19. The van der Waals surface area contributed by atoms with Gasteiger partial charge in [0.2, 0.25) is 0 Å². The van der Waals surface area contributed by atoms with Gasteiger partial charge in [-0.15, -0.1) is 0 Å². The van der Waals surface area contributed by atoms with E-state index < -0.39 is 15.6 Å². The Morgan fingerprint density at radius 1 is 0.865 bits per heavy atom. The molecule has 1 atom stereocenters. The molecule has 0 aliphatic heterocycles. The predicted octanol–water partition coefficient (Wildman–Crippen LogP) is 8.40. The van der Waals surface area contributed by atoms with Crippen LogP contribution in [-0.4, -0.2) is 36.3 Å². The number of ether oxygens (including phenoxy) is 1. The molecule has 2 aromatic rings. The standard InChI is InChI=1S/C26H37IO2.CHF3O3S/c1-2-3-4-5-6-7-8-9-10-11-14-23(28)21-29-24-19-17-22(18-20-24)25-15-12-13-16-26(25)27;2-1(3,4)8(5,6)7/h12-13,15-20,23,28H,2-11,14,21H2,1H3;(H,5,6,7). The average molecular weight is 659 g/mol. The number of alkyl halides is 3. The minimum absolute atomic E-state index is 0.375. The maximum Gasteiger partial charge on any atom is 0.522 e. The van der Waals surface area contributed by atoms with Gasteiger partial charge in [-0.3, -0.25) is 4.55 Å². The normalized spacial score (nSPS) is 12.5. The van der Waals surface area contributed by atoms with E-state index >= 15 is 0 Å². The molecular weight excluding hydrogens is 620 g/mol. The lowest BCUT2D eigenvalue weighted by Crippen LogP contribution is -2.21. The van der Waals surface area contributed by atoms with Gasteiger partial charge in [-0.25, -0.2) is 0 Å². The van der Waals surface area contributed by atoms with Crippen LogP contribution in [0.4, 0.5) is 13.2 Å². The van der Waals surface area contributed by atoms with Gasteiger partial charge >= 0.3 is 15.6 Å². The van der Waals surface area contributed by atoms with Gasteiger partial charge in [0.15, 0.2) is 0 Å². The third-order valence-electron chi connectivity index (χ3n) is 5.66. The molecule has 2 rings (SSSR count). The molecule has 0 saturated carbocycles. The summed E-state index contributed by atoms with van der Waals surface area (Å²) in [5, 5.41) is 10.2. The highest BCUT2D eigenvalue weighted by molar-refractivity contribution is 14.1. The molecular formula is C27H38F3IO5S. The van der Waals surface area contributed by atoms with Gasteiger partial charge in [-0.05, 0) is 58.3 Å². The Morgan fingerprint density at radius 3 is 1.84 bits per heavy atom. The Kier molecular flexibility index (Phi) is 16.4. The highest BCUT2D eigenvalue weighted by Gasteiger charge is 2.44. The molecule has 1 unspecified atom stereocenters. The van der Waals surface area contributed by atoms with Crippen LogP contribution in [0, 0.1) is 3.57 Å². The SMILES string of the molecule is CCCCCCCCCCCCC(O)COc1ccc(-c2ccccc2I)cc1.O=S(=O)(O)C(F)(F)F. The van der Waals surface area contributed by atoms with Crippen LogP contribution in [0.2, 0.25) is 0 Å². The Morgan fingerprint density at radius 2 is 1.35 bits per heavy atom. The highest BCUT2D eigenvalue weighted by Crippen LogP contribution is 2.27. The van der Waals surface area contributed by atoms with Crippen LogP contribution in [0.3, 0.4) is 0 Å². The number of hydrogen-bond acceptors (Lipinski definition) is 4. The minimum Gasteiger partial charge on any atom is -0.491 e. The Labute approximate surface area is 232 Å². The van der Waals surface area contributed by atoms with E-state index in [2.05, 4.69) is 65.9 Å². The number of hydrogen-bond donors (Lipinski definition) is 2. The van der Waals surface area contributed by atoms with Crippen molar-refractivity contribution in [2.75, 3.05) is 6.61 Å². The van der Waals surface area contributed by atoms with E-state index in [4.69, 9.17) is 17.7 Å². The lowest BCUT2D eigenvalue weighted by molar-refractivity contribution is -0.0510.